The Bertz CT molecular complexity index is 1240. The van der Waals surface area contributed by atoms with Gasteiger partial charge in [0, 0.05) is 42.7 Å². The van der Waals surface area contributed by atoms with Gasteiger partial charge in [-0.1, -0.05) is 0 Å². The fourth-order valence-electron chi connectivity index (χ4n) is 4.21. The minimum absolute atomic E-state index is 0.296. The zero-order chi connectivity index (χ0) is 21.8. The standard InChI is InChI=1S/C20H19F3N8/c1-11-18(12(2)29-28-11)13-4-6-30(9-13)16-3-5-24-19(27-16)14-7-26-17-8-25-15(10-31(14)17)20(21,22)23/h3,5,7-8,10,13H,4,6,9H2,1-2H3,(H,28,29). The normalized spacial score (nSPS) is 17.1. The maximum absolute atomic E-state index is 13.1. The molecule has 8 nitrogen and oxygen atoms in total. The van der Waals surface area contributed by atoms with Crippen molar-refractivity contribution in [3.63, 3.8) is 0 Å². The van der Waals surface area contributed by atoms with E-state index in [4.69, 9.17) is 0 Å². The molecule has 0 radical (unpaired) electrons. The number of fused-ring (bicyclic) bond motifs is 1. The summed E-state index contributed by atoms with van der Waals surface area (Å²) in [7, 11) is 0. The van der Waals surface area contributed by atoms with Gasteiger partial charge in [-0.05, 0) is 26.3 Å². The fourth-order valence-corrected chi connectivity index (χ4v) is 4.21. The van der Waals surface area contributed by atoms with E-state index in [1.807, 2.05) is 19.9 Å². The number of rotatable bonds is 3. The zero-order valence-corrected chi connectivity index (χ0v) is 16.8. The number of aromatic nitrogens is 7. The molecule has 11 heteroatoms. The molecule has 0 spiro atoms. The van der Waals surface area contributed by atoms with Crippen molar-refractivity contribution in [3.8, 4) is 11.5 Å². The Morgan fingerprint density at radius 3 is 2.71 bits per heavy atom. The van der Waals surface area contributed by atoms with Crippen LogP contribution in [0.25, 0.3) is 17.2 Å². The van der Waals surface area contributed by atoms with Crippen LogP contribution < -0.4 is 4.90 Å². The molecule has 1 unspecified atom stereocenters. The molecule has 0 saturated carbocycles. The molecule has 1 atom stereocenters. The van der Waals surface area contributed by atoms with Crippen LogP contribution >= 0.6 is 0 Å². The number of imidazole rings is 1. The summed E-state index contributed by atoms with van der Waals surface area (Å²) in [6.07, 6.45) is 1.51. The molecule has 0 aliphatic carbocycles. The lowest BCUT2D eigenvalue weighted by Crippen LogP contribution is -2.21. The van der Waals surface area contributed by atoms with E-state index in [2.05, 4.69) is 35.0 Å². The third kappa shape index (κ3) is 3.39. The molecule has 5 rings (SSSR count). The number of H-pyrrole nitrogens is 1. The first kappa shape index (κ1) is 19.5. The average molecular weight is 428 g/mol. The number of halogens is 3. The van der Waals surface area contributed by atoms with Gasteiger partial charge in [-0.3, -0.25) is 9.50 Å². The van der Waals surface area contributed by atoms with Crippen molar-refractivity contribution >= 4 is 11.5 Å². The second-order valence-electron chi connectivity index (χ2n) is 7.66. The van der Waals surface area contributed by atoms with Crippen LogP contribution in [0.1, 0.15) is 35.0 Å². The summed E-state index contributed by atoms with van der Waals surface area (Å²) in [6, 6.07) is 1.81. The average Bonchev–Trinajstić information content (AvgIpc) is 3.45. The van der Waals surface area contributed by atoms with Crippen LogP contribution in [0.3, 0.4) is 0 Å². The van der Waals surface area contributed by atoms with Gasteiger partial charge in [0.1, 0.15) is 11.5 Å². The van der Waals surface area contributed by atoms with Gasteiger partial charge in [-0.15, -0.1) is 0 Å². The Morgan fingerprint density at radius 2 is 1.97 bits per heavy atom. The Morgan fingerprint density at radius 1 is 1.13 bits per heavy atom. The number of aryl methyl sites for hydroxylation is 2. The molecule has 0 bridgehead atoms. The molecular formula is C20H19F3N8. The van der Waals surface area contributed by atoms with Gasteiger partial charge in [-0.2, -0.15) is 18.3 Å². The highest BCUT2D eigenvalue weighted by Gasteiger charge is 2.33. The van der Waals surface area contributed by atoms with E-state index >= 15 is 0 Å². The second kappa shape index (κ2) is 7.03. The first-order valence-corrected chi connectivity index (χ1v) is 9.81. The van der Waals surface area contributed by atoms with Crippen LogP contribution in [0.2, 0.25) is 0 Å². The number of aromatic amines is 1. The molecule has 0 aromatic carbocycles. The van der Waals surface area contributed by atoms with E-state index < -0.39 is 11.9 Å². The molecule has 1 aliphatic rings. The number of anilines is 1. The topological polar surface area (TPSA) is 87.9 Å². The van der Waals surface area contributed by atoms with E-state index in [-0.39, 0.29) is 0 Å². The Kier molecular flexibility index (Phi) is 4.42. The minimum atomic E-state index is -4.55. The summed E-state index contributed by atoms with van der Waals surface area (Å²) in [6.45, 7) is 5.63. The van der Waals surface area contributed by atoms with Crippen molar-refractivity contribution in [2.75, 3.05) is 18.0 Å². The highest BCUT2D eigenvalue weighted by Crippen LogP contribution is 2.33. The van der Waals surface area contributed by atoms with Crippen molar-refractivity contribution in [1.82, 2.24) is 34.5 Å². The molecule has 1 saturated heterocycles. The molecule has 1 fully saturated rings. The third-order valence-corrected chi connectivity index (χ3v) is 5.66. The maximum atomic E-state index is 13.1. The lowest BCUT2D eigenvalue weighted by molar-refractivity contribution is -0.141. The van der Waals surface area contributed by atoms with Gasteiger partial charge >= 0.3 is 6.18 Å². The molecular weight excluding hydrogens is 409 g/mol. The molecule has 1 N–H and O–H groups in total. The number of alkyl halides is 3. The molecule has 31 heavy (non-hydrogen) atoms. The van der Waals surface area contributed by atoms with E-state index in [0.29, 0.717) is 23.1 Å². The van der Waals surface area contributed by atoms with E-state index in [1.165, 1.54) is 16.2 Å². The Hall–Kier alpha value is -3.50. The number of hydrogen-bond acceptors (Lipinski definition) is 6. The summed E-state index contributed by atoms with van der Waals surface area (Å²) >= 11 is 0. The predicted octanol–water partition coefficient (Wildman–Crippen LogP) is 3.54. The Labute approximate surface area is 175 Å². The zero-order valence-electron chi connectivity index (χ0n) is 16.8. The van der Waals surface area contributed by atoms with Crippen LogP contribution in [-0.4, -0.2) is 47.6 Å². The smallest absolute Gasteiger partial charge is 0.356 e. The largest absolute Gasteiger partial charge is 0.434 e. The van der Waals surface area contributed by atoms with Crippen molar-refractivity contribution in [2.45, 2.75) is 32.4 Å². The summed E-state index contributed by atoms with van der Waals surface area (Å²) < 4.78 is 40.6. The van der Waals surface area contributed by atoms with Crippen LogP contribution in [0.5, 0.6) is 0 Å². The monoisotopic (exact) mass is 428 g/mol. The molecule has 0 amide bonds. The summed E-state index contributed by atoms with van der Waals surface area (Å²) in [5.41, 5.74) is 3.00. The quantitative estimate of drug-likeness (QED) is 0.537. The van der Waals surface area contributed by atoms with Crippen molar-refractivity contribution < 1.29 is 13.2 Å². The van der Waals surface area contributed by atoms with Gasteiger partial charge in [0.15, 0.2) is 17.2 Å². The maximum Gasteiger partial charge on any atom is 0.434 e. The third-order valence-electron chi connectivity index (χ3n) is 5.66. The van der Waals surface area contributed by atoms with Gasteiger partial charge < -0.3 is 4.90 Å². The van der Waals surface area contributed by atoms with E-state index in [0.717, 1.165) is 49.1 Å². The van der Waals surface area contributed by atoms with E-state index in [1.54, 1.807) is 6.20 Å². The lowest BCUT2D eigenvalue weighted by atomic mass is 9.97. The van der Waals surface area contributed by atoms with Crippen molar-refractivity contribution in [2.24, 2.45) is 0 Å². The number of nitrogens with one attached hydrogen (secondary N) is 1. The summed E-state index contributed by atoms with van der Waals surface area (Å²) in [4.78, 5) is 18.7. The van der Waals surface area contributed by atoms with Gasteiger partial charge in [0.2, 0.25) is 0 Å². The first-order chi connectivity index (χ1) is 14.8. The van der Waals surface area contributed by atoms with Crippen LogP contribution in [0.4, 0.5) is 19.0 Å². The fraction of sp³-hybridized carbons (Fsp3) is 0.350. The van der Waals surface area contributed by atoms with Crippen LogP contribution in [0.15, 0.2) is 30.9 Å². The van der Waals surface area contributed by atoms with Crippen molar-refractivity contribution in [1.29, 1.82) is 0 Å². The molecule has 1 aliphatic heterocycles. The summed E-state index contributed by atoms with van der Waals surface area (Å²) in [5, 5.41) is 7.33. The summed E-state index contributed by atoms with van der Waals surface area (Å²) in [5.74, 6) is 1.38. The lowest BCUT2D eigenvalue weighted by Gasteiger charge is -2.18. The molecule has 4 aromatic rings. The first-order valence-electron chi connectivity index (χ1n) is 9.81. The highest BCUT2D eigenvalue weighted by molar-refractivity contribution is 5.58. The van der Waals surface area contributed by atoms with Gasteiger partial charge in [0.05, 0.1) is 18.1 Å². The number of hydrogen-bond donors (Lipinski definition) is 1. The van der Waals surface area contributed by atoms with Crippen LogP contribution in [-0.2, 0) is 6.18 Å². The van der Waals surface area contributed by atoms with Crippen molar-refractivity contribution in [3.05, 3.63) is 53.5 Å². The van der Waals surface area contributed by atoms with Gasteiger partial charge in [-0.25, -0.2) is 19.9 Å². The van der Waals surface area contributed by atoms with Gasteiger partial charge in [0.25, 0.3) is 0 Å². The molecule has 4 aromatic heterocycles. The molecule has 5 heterocycles. The van der Waals surface area contributed by atoms with E-state index in [9.17, 15) is 13.2 Å². The Balaban J connectivity index is 1.46. The highest BCUT2D eigenvalue weighted by atomic mass is 19.4. The predicted molar refractivity (Wildman–Crippen MR) is 107 cm³/mol. The second-order valence-corrected chi connectivity index (χ2v) is 7.66. The van der Waals surface area contributed by atoms with Crippen LogP contribution in [0, 0.1) is 13.8 Å². The SMILES string of the molecule is Cc1n[nH]c(C)c1C1CCN(c2ccnc(-c3cnc4cnc(C(F)(F)F)cn34)n2)C1. The number of nitrogens with zero attached hydrogens (tertiary/aromatic N) is 7. The minimum Gasteiger partial charge on any atom is -0.356 e. The molecule has 160 valence electrons.